The van der Waals surface area contributed by atoms with E-state index >= 15 is 0 Å². The van der Waals surface area contributed by atoms with Gasteiger partial charge in [0.05, 0.1) is 0 Å². The largest absolute Gasteiger partial charge is 0.381 e. The molecule has 0 heterocycles. The van der Waals surface area contributed by atoms with Crippen molar-refractivity contribution in [3.05, 3.63) is 58.1 Å². The Labute approximate surface area is 126 Å². The van der Waals surface area contributed by atoms with Gasteiger partial charge >= 0.3 is 6.03 Å². The number of primary amides is 1. The molecule has 0 bridgehead atoms. The number of carbonyl (C=O) groups excluding carboxylic acids is 1. The highest BCUT2D eigenvalue weighted by molar-refractivity contribution is 9.10. The molecule has 0 aromatic heterocycles. The normalized spacial score (nSPS) is 10.1. The summed E-state index contributed by atoms with van der Waals surface area (Å²) in [5, 5.41) is 5.87. The van der Waals surface area contributed by atoms with Crippen LogP contribution in [0.3, 0.4) is 0 Å². The van der Waals surface area contributed by atoms with Crippen LogP contribution in [0.4, 0.5) is 16.2 Å². The molecule has 0 aliphatic rings. The Balaban J connectivity index is 2.03. The van der Waals surface area contributed by atoms with Crippen LogP contribution in [0, 0.1) is 6.92 Å². The second kappa shape index (κ2) is 6.43. The highest BCUT2D eigenvalue weighted by Gasteiger charge is 2.00. The Hall–Kier alpha value is -2.01. The van der Waals surface area contributed by atoms with Gasteiger partial charge in [0.1, 0.15) is 0 Å². The quantitative estimate of drug-likeness (QED) is 0.795. The predicted octanol–water partition coefficient (Wildman–Crippen LogP) is 3.86. The molecule has 4 N–H and O–H groups in total. The van der Waals surface area contributed by atoms with E-state index in [-0.39, 0.29) is 0 Å². The van der Waals surface area contributed by atoms with Gasteiger partial charge in [0.2, 0.25) is 0 Å². The van der Waals surface area contributed by atoms with Gasteiger partial charge in [-0.25, -0.2) is 4.79 Å². The van der Waals surface area contributed by atoms with E-state index in [4.69, 9.17) is 5.73 Å². The molecule has 0 aliphatic carbocycles. The van der Waals surface area contributed by atoms with Gasteiger partial charge in [-0.15, -0.1) is 0 Å². The number of amides is 2. The van der Waals surface area contributed by atoms with Gasteiger partial charge in [0.15, 0.2) is 0 Å². The third kappa shape index (κ3) is 3.99. The number of aryl methyl sites for hydroxylation is 1. The smallest absolute Gasteiger partial charge is 0.316 e. The number of hydrogen-bond acceptors (Lipinski definition) is 2. The van der Waals surface area contributed by atoms with Crippen LogP contribution in [0.15, 0.2) is 46.9 Å². The van der Waals surface area contributed by atoms with Crippen LogP contribution in [0.2, 0.25) is 0 Å². The van der Waals surface area contributed by atoms with Crippen molar-refractivity contribution >= 4 is 33.3 Å². The zero-order valence-corrected chi connectivity index (χ0v) is 12.7. The Kier molecular flexibility index (Phi) is 4.63. The second-order valence-electron chi connectivity index (χ2n) is 4.51. The zero-order chi connectivity index (χ0) is 14.5. The average Bonchev–Trinajstić information content (AvgIpc) is 2.40. The van der Waals surface area contributed by atoms with Crippen molar-refractivity contribution in [1.82, 2.24) is 0 Å². The maximum Gasteiger partial charge on any atom is 0.316 e. The lowest BCUT2D eigenvalue weighted by molar-refractivity contribution is 0.259. The molecule has 5 heteroatoms. The predicted molar refractivity (Wildman–Crippen MR) is 85.9 cm³/mol. The first-order valence-electron chi connectivity index (χ1n) is 6.20. The van der Waals surface area contributed by atoms with Crippen LogP contribution in [0.5, 0.6) is 0 Å². The Morgan fingerprint density at radius 1 is 1.20 bits per heavy atom. The standard InChI is InChI=1S/C15H16BrN3O/c1-10-7-11(5-6-14(10)16)9-18-12-3-2-4-13(8-12)19-15(17)20/h2-8,18H,9H2,1H3,(H3,17,19,20). The SMILES string of the molecule is Cc1cc(CNc2cccc(NC(N)=O)c2)ccc1Br. The third-order valence-electron chi connectivity index (χ3n) is 2.85. The van der Waals surface area contributed by atoms with E-state index in [9.17, 15) is 4.79 Å². The van der Waals surface area contributed by atoms with Crippen molar-refractivity contribution in [2.45, 2.75) is 13.5 Å². The minimum absolute atomic E-state index is 0.564. The first-order chi connectivity index (χ1) is 9.54. The maximum absolute atomic E-state index is 10.8. The van der Waals surface area contributed by atoms with Crippen molar-refractivity contribution in [3.63, 3.8) is 0 Å². The van der Waals surface area contributed by atoms with Gasteiger partial charge in [-0.1, -0.05) is 34.1 Å². The number of nitrogens with two attached hydrogens (primary N) is 1. The lowest BCUT2D eigenvalue weighted by atomic mass is 10.1. The summed E-state index contributed by atoms with van der Waals surface area (Å²) in [6.07, 6.45) is 0. The van der Waals surface area contributed by atoms with Gasteiger partial charge in [-0.05, 0) is 42.3 Å². The fourth-order valence-corrected chi connectivity index (χ4v) is 2.12. The molecule has 4 nitrogen and oxygen atoms in total. The molecular weight excluding hydrogens is 318 g/mol. The van der Waals surface area contributed by atoms with Crippen LogP contribution < -0.4 is 16.4 Å². The van der Waals surface area contributed by atoms with Crippen LogP contribution in [-0.4, -0.2) is 6.03 Å². The monoisotopic (exact) mass is 333 g/mol. The number of carbonyl (C=O) groups is 1. The summed E-state index contributed by atoms with van der Waals surface area (Å²) < 4.78 is 1.11. The molecule has 0 unspecified atom stereocenters. The number of halogens is 1. The topological polar surface area (TPSA) is 67.2 Å². The number of urea groups is 1. The fraction of sp³-hybridized carbons (Fsp3) is 0.133. The Morgan fingerprint density at radius 2 is 1.95 bits per heavy atom. The molecule has 0 atom stereocenters. The zero-order valence-electron chi connectivity index (χ0n) is 11.1. The molecule has 2 amide bonds. The molecule has 0 aliphatic heterocycles. The molecule has 0 saturated carbocycles. The molecule has 0 spiro atoms. The Bertz CT molecular complexity index is 628. The molecular formula is C15H16BrN3O. The maximum atomic E-state index is 10.8. The molecule has 2 aromatic rings. The average molecular weight is 334 g/mol. The molecule has 0 fully saturated rings. The Morgan fingerprint density at radius 3 is 2.65 bits per heavy atom. The number of anilines is 2. The molecule has 0 radical (unpaired) electrons. The number of benzene rings is 2. The van der Waals surface area contributed by atoms with E-state index in [1.807, 2.05) is 24.3 Å². The molecule has 0 saturated heterocycles. The van der Waals surface area contributed by atoms with E-state index < -0.39 is 6.03 Å². The summed E-state index contributed by atoms with van der Waals surface area (Å²) in [6, 6.07) is 13.1. The summed E-state index contributed by atoms with van der Waals surface area (Å²) in [7, 11) is 0. The summed E-state index contributed by atoms with van der Waals surface area (Å²) in [5.74, 6) is 0. The lowest BCUT2D eigenvalue weighted by Gasteiger charge is -2.09. The van der Waals surface area contributed by atoms with E-state index in [0.29, 0.717) is 12.2 Å². The van der Waals surface area contributed by atoms with Gasteiger partial charge in [-0.3, -0.25) is 0 Å². The second-order valence-corrected chi connectivity index (χ2v) is 5.36. The summed E-state index contributed by atoms with van der Waals surface area (Å²) in [5.41, 5.74) is 9.09. The van der Waals surface area contributed by atoms with Crippen LogP contribution in [0.1, 0.15) is 11.1 Å². The van der Waals surface area contributed by atoms with E-state index in [1.165, 1.54) is 11.1 Å². The molecule has 2 rings (SSSR count). The highest BCUT2D eigenvalue weighted by Crippen LogP contribution is 2.19. The van der Waals surface area contributed by atoms with Crippen molar-refractivity contribution in [2.24, 2.45) is 5.73 Å². The lowest BCUT2D eigenvalue weighted by Crippen LogP contribution is -2.19. The van der Waals surface area contributed by atoms with Crippen LogP contribution in [-0.2, 0) is 6.54 Å². The highest BCUT2D eigenvalue weighted by atomic mass is 79.9. The van der Waals surface area contributed by atoms with E-state index in [0.717, 1.165) is 10.2 Å². The first kappa shape index (κ1) is 14.4. The molecule has 2 aromatic carbocycles. The van der Waals surface area contributed by atoms with Gasteiger partial charge in [0, 0.05) is 22.4 Å². The van der Waals surface area contributed by atoms with Crippen molar-refractivity contribution in [2.75, 3.05) is 10.6 Å². The van der Waals surface area contributed by atoms with Crippen LogP contribution in [0.25, 0.3) is 0 Å². The number of hydrogen-bond donors (Lipinski definition) is 3. The van der Waals surface area contributed by atoms with Crippen LogP contribution >= 0.6 is 15.9 Å². The van der Waals surface area contributed by atoms with E-state index in [2.05, 4.69) is 45.6 Å². The summed E-state index contributed by atoms with van der Waals surface area (Å²) in [6.45, 7) is 2.78. The van der Waals surface area contributed by atoms with E-state index in [1.54, 1.807) is 6.07 Å². The number of rotatable bonds is 4. The fourth-order valence-electron chi connectivity index (χ4n) is 1.87. The molecule has 20 heavy (non-hydrogen) atoms. The van der Waals surface area contributed by atoms with Crippen molar-refractivity contribution < 1.29 is 4.79 Å². The minimum Gasteiger partial charge on any atom is -0.381 e. The van der Waals surface area contributed by atoms with Gasteiger partial charge in [0.25, 0.3) is 0 Å². The number of nitrogens with one attached hydrogen (secondary N) is 2. The minimum atomic E-state index is -0.564. The summed E-state index contributed by atoms with van der Waals surface area (Å²) in [4.78, 5) is 10.8. The summed E-state index contributed by atoms with van der Waals surface area (Å²) >= 11 is 3.49. The van der Waals surface area contributed by atoms with Crippen molar-refractivity contribution in [3.8, 4) is 0 Å². The van der Waals surface area contributed by atoms with Crippen molar-refractivity contribution in [1.29, 1.82) is 0 Å². The molecule has 104 valence electrons. The first-order valence-corrected chi connectivity index (χ1v) is 6.99. The van der Waals surface area contributed by atoms with Gasteiger partial charge in [-0.2, -0.15) is 0 Å². The van der Waals surface area contributed by atoms with Gasteiger partial charge < -0.3 is 16.4 Å². The third-order valence-corrected chi connectivity index (χ3v) is 3.74.